The van der Waals surface area contributed by atoms with Gasteiger partial charge in [0.25, 0.3) is 0 Å². The molecule has 0 aliphatic rings. The van der Waals surface area contributed by atoms with Crippen molar-refractivity contribution in [2.45, 2.75) is 52.0 Å². The van der Waals surface area contributed by atoms with Crippen molar-refractivity contribution in [2.24, 2.45) is 7.05 Å². The largest absolute Gasteiger partial charge is 0.317 e. The van der Waals surface area contributed by atoms with Gasteiger partial charge in [-0.3, -0.25) is 14.8 Å². The third kappa shape index (κ3) is 3.12. The van der Waals surface area contributed by atoms with E-state index in [2.05, 4.69) is 17.3 Å². The highest BCUT2D eigenvalue weighted by molar-refractivity contribution is 5.44. The average molecular weight is 268 g/mol. The summed E-state index contributed by atoms with van der Waals surface area (Å²) in [7, 11) is 3.68. The molecule has 6 heteroatoms. The molecular formula is C13H24N4O2. The first kappa shape index (κ1) is 15.6. The first-order valence-electron chi connectivity index (χ1n) is 6.85. The maximum absolute atomic E-state index is 11.4. The molecule has 1 aromatic heterocycles. The van der Waals surface area contributed by atoms with Gasteiger partial charge in [-0.05, 0) is 26.8 Å². The smallest absolute Gasteiger partial charge is 0.313 e. The van der Waals surface area contributed by atoms with E-state index >= 15 is 0 Å². The molecule has 1 rings (SSSR count). The normalized spacial score (nSPS) is 14.4. The molecule has 108 valence electrons. The Bertz CT molecular complexity index is 442. The molecular weight excluding hydrogens is 244 g/mol. The van der Waals surface area contributed by atoms with Crippen LogP contribution in [0, 0.1) is 10.1 Å². The van der Waals surface area contributed by atoms with Crippen molar-refractivity contribution in [1.82, 2.24) is 15.1 Å². The Kier molecular flexibility index (Phi) is 5.47. The van der Waals surface area contributed by atoms with Gasteiger partial charge in [0, 0.05) is 19.0 Å². The van der Waals surface area contributed by atoms with Gasteiger partial charge in [0.1, 0.15) is 11.4 Å². The van der Waals surface area contributed by atoms with Gasteiger partial charge in [-0.1, -0.05) is 20.3 Å². The van der Waals surface area contributed by atoms with Crippen molar-refractivity contribution >= 4 is 5.69 Å². The van der Waals surface area contributed by atoms with E-state index in [4.69, 9.17) is 0 Å². The second kappa shape index (κ2) is 6.65. The van der Waals surface area contributed by atoms with Crippen molar-refractivity contribution in [1.29, 1.82) is 0 Å². The van der Waals surface area contributed by atoms with Crippen LogP contribution in [-0.2, 0) is 13.5 Å². The zero-order valence-corrected chi connectivity index (χ0v) is 12.4. The summed E-state index contributed by atoms with van der Waals surface area (Å²) in [4.78, 5) is 11.1. The summed E-state index contributed by atoms with van der Waals surface area (Å²) in [6, 6.07) is 0.175. The molecule has 0 amide bonds. The van der Waals surface area contributed by atoms with Crippen molar-refractivity contribution in [3.05, 3.63) is 21.5 Å². The van der Waals surface area contributed by atoms with Crippen LogP contribution in [0.1, 0.15) is 50.9 Å². The van der Waals surface area contributed by atoms with E-state index in [9.17, 15) is 10.1 Å². The van der Waals surface area contributed by atoms with Gasteiger partial charge >= 0.3 is 5.69 Å². The molecule has 1 N–H and O–H groups in total. The standard InChI is InChI=1S/C13H24N4O2/c1-6-8-11-13(17(18)19)12(16(5)15-11)10(7-2)9(3)14-4/h9-10,14H,6-8H2,1-5H3. The third-order valence-electron chi connectivity index (χ3n) is 3.65. The lowest BCUT2D eigenvalue weighted by Gasteiger charge is -2.21. The maximum atomic E-state index is 11.4. The molecule has 0 aromatic carbocycles. The van der Waals surface area contributed by atoms with Crippen molar-refractivity contribution in [3.8, 4) is 0 Å². The molecule has 6 nitrogen and oxygen atoms in total. The molecule has 1 heterocycles. The molecule has 2 atom stereocenters. The quantitative estimate of drug-likeness (QED) is 0.608. The summed E-state index contributed by atoms with van der Waals surface area (Å²) in [5.74, 6) is 0.0912. The number of nitrogens with one attached hydrogen (secondary N) is 1. The summed E-state index contributed by atoms with van der Waals surface area (Å²) < 4.78 is 1.69. The summed E-state index contributed by atoms with van der Waals surface area (Å²) in [6.07, 6.45) is 2.35. The minimum absolute atomic E-state index is 0.0912. The van der Waals surface area contributed by atoms with E-state index < -0.39 is 0 Å². The Morgan fingerprint density at radius 2 is 2.11 bits per heavy atom. The van der Waals surface area contributed by atoms with Gasteiger partial charge in [-0.2, -0.15) is 5.10 Å². The maximum Gasteiger partial charge on any atom is 0.313 e. The van der Waals surface area contributed by atoms with Crippen molar-refractivity contribution in [3.63, 3.8) is 0 Å². The second-order valence-electron chi connectivity index (χ2n) is 4.90. The van der Waals surface area contributed by atoms with Crippen molar-refractivity contribution < 1.29 is 4.92 Å². The number of hydrogen-bond donors (Lipinski definition) is 1. The van der Waals surface area contributed by atoms with E-state index in [-0.39, 0.29) is 22.6 Å². The number of aryl methyl sites for hydroxylation is 2. The van der Waals surface area contributed by atoms with Crippen LogP contribution in [0.5, 0.6) is 0 Å². The number of nitrogens with zero attached hydrogens (tertiary/aromatic N) is 3. The third-order valence-corrected chi connectivity index (χ3v) is 3.65. The number of nitro groups is 1. The van der Waals surface area contributed by atoms with Crippen LogP contribution >= 0.6 is 0 Å². The highest BCUT2D eigenvalue weighted by Gasteiger charge is 2.32. The first-order valence-corrected chi connectivity index (χ1v) is 6.85. The molecule has 0 saturated heterocycles. The Labute approximate surface area is 114 Å². The van der Waals surface area contributed by atoms with Crippen LogP contribution < -0.4 is 5.32 Å². The van der Waals surface area contributed by atoms with Gasteiger partial charge in [-0.15, -0.1) is 0 Å². The van der Waals surface area contributed by atoms with Gasteiger partial charge in [0.15, 0.2) is 0 Å². The van der Waals surface area contributed by atoms with Crippen LogP contribution in [0.2, 0.25) is 0 Å². The molecule has 2 unspecified atom stereocenters. The second-order valence-corrected chi connectivity index (χ2v) is 4.90. The average Bonchev–Trinajstić information content (AvgIpc) is 2.68. The highest BCUT2D eigenvalue weighted by Crippen LogP contribution is 2.34. The van der Waals surface area contributed by atoms with Crippen LogP contribution in [0.3, 0.4) is 0 Å². The highest BCUT2D eigenvalue weighted by atomic mass is 16.6. The Hall–Kier alpha value is -1.43. The molecule has 0 fully saturated rings. The van der Waals surface area contributed by atoms with Gasteiger partial charge in [-0.25, -0.2) is 0 Å². The molecule has 0 bridgehead atoms. The number of likely N-dealkylation sites (N-methyl/N-ethyl adjacent to an activating group) is 1. The van der Waals surface area contributed by atoms with E-state index in [0.717, 1.165) is 18.5 Å². The van der Waals surface area contributed by atoms with E-state index in [1.807, 2.05) is 20.9 Å². The topological polar surface area (TPSA) is 73.0 Å². The zero-order chi connectivity index (χ0) is 14.6. The number of aromatic nitrogens is 2. The summed E-state index contributed by atoms with van der Waals surface area (Å²) >= 11 is 0. The van der Waals surface area contributed by atoms with Gasteiger partial charge < -0.3 is 5.32 Å². The fourth-order valence-corrected chi connectivity index (χ4v) is 2.59. The van der Waals surface area contributed by atoms with Crippen LogP contribution in [0.4, 0.5) is 5.69 Å². The Balaban J connectivity index is 3.35. The molecule has 0 spiro atoms. The lowest BCUT2D eigenvalue weighted by Crippen LogP contribution is -2.30. The van der Waals surface area contributed by atoms with E-state index in [1.165, 1.54) is 0 Å². The Morgan fingerprint density at radius 1 is 1.47 bits per heavy atom. The van der Waals surface area contributed by atoms with Gasteiger partial charge in [0.2, 0.25) is 0 Å². The lowest BCUT2D eigenvalue weighted by molar-refractivity contribution is -0.386. The number of rotatable bonds is 7. The molecule has 0 saturated carbocycles. The lowest BCUT2D eigenvalue weighted by atomic mass is 9.93. The molecule has 0 aliphatic heterocycles. The molecule has 19 heavy (non-hydrogen) atoms. The Morgan fingerprint density at radius 3 is 2.53 bits per heavy atom. The summed E-state index contributed by atoms with van der Waals surface area (Å²) in [6.45, 7) is 6.10. The van der Waals surface area contributed by atoms with Gasteiger partial charge in [0.05, 0.1) is 4.92 Å². The number of hydrogen-bond acceptors (Lipinski definition) is 4. The summed E-state index contributed by atoms with van der Waals surface area (Å²) in [5.41, 5.74) is 1.54. The van der Waals surface area contributed by atoms with E-state index in [0.29, 0.717) is 12.1 Å². The molecule has 0 aliphatic carbocycles. The fourth-order valence-electron chi connectivity index (χ4n) is 2.59. The zero-order valence-electron chi connectivity index (χ0n) is 12.4. The minimum atomic E-state index is -0.279. The first-order chi connectivity index (χ1) is 8.97. The predicted octanol–water partition coefficient (Wildman–Crippen LogP) is 2.38. The molecule has 0 radical (unpaired) electrons. The fraction of sp³-hybridized carbons (Fsp3) is 0.769. The van der Waals surface area contributed by atoms with E-state index in [1.54, 1.807) is 11.7 Å². The SMILES string of the molecule is CCCc1nn(C)c(C(CC)C(C)NC)c1[N+](=O)[O-]. The van der Waals surface area contributed by atoms with Crippen molar-refractivity contribution in [2.75, 3.05) is 7.05 Å². The minimum Gasteiger partial charge on any atom is -0.317 e. The summed E-state index contributed by atoms with van der Waals surface area (Å²) in [5, 5.41) is 18.9. The molecule has 1 aromatic rings. The van der Waals surface area contributed by atoms with Crippen LogP contribution in [-0.4, -0.2) is 27.8 Å². The monoisotopic (exact) mass is 268 g/mol. The van der Waals surface area contributed by atoms with Crippen LogP contribution in [0.15, 0.2) is 0 Å². The van der Waals surface area contributed by atoms with Crippen LogP contribution in [0.25, 0.3) is 0 Å². The predicted molar refractivity (Wildman–Crippen MR) is 75.4 cm³/mol.